The van der Waals surface area contributed by atoms with E-state index in [0.29, 0.717) is 12.4 Å². The largest absolute Gasteiger partial charge is 0.364 e. The van der Waals surface area contributed by atoms with Gasteiger partial charge in [0, 0.05) is 31.5 Å². The molecular formula is C14H13N5O. The lowest BCUT2D eigenvalue weighted by Gasteiger charge is -2.08. The normalized spacial score (nSPS) is 9.60. The van der Waals surface area contributed by atoms with Crippen molar-refractivity contribution in [2.45, 2.75) is 13.5 Å². The van der Waals surface area contributed by atoms with Gasteiger partial charge in [-0.15, -0.1) is 0 Å². The number of nitrogens with zero attached hydrogens (tertiary/aromatic N) is 3. The van der Waals surface area contributed by atoms with E-state index in [9.17, 15) is 4.79 Å². The highest BCUT2D eigenvalue weighted by molar-refractivity contribution is 5.88. The van der Waals surface area contributed by atoms with Crippen LogP contribution in [0.4, 0.5) is 11.5 Å². The Morgan fingerprint density at radius 2 is 2.15 bits per heavy atom. The minimum Gasteiger partial charge on any atom is -0.364 e. The number of rotatable bonds is 4. The Balaban J connectivity index is 2.07. The second-order valence-corrected chi connectivity index (χ2v) is 4.10. The Labute approximate surface area is 116 Å². The fourth-order valence-electron chi connectivity index (χ4n) is 1.70. The third-order valence-electron chi connectivity index (χ3n) is 2.51. The minimum absolute atomic E-state index is 0.115. The average molecular weight is 267 g/mol. The van der Waals surface area contributed by atoms with Gasteiger partial charge in [-0.2, -0.15) is 5.26 Å². The van der Waals surface area contributed by atoms with E-state index in [1.807, 2.05) is 30.3 Å². The Morgan fingerprint density at radius 3 is 2.90 bits per heavy atom. The van der Waals surface area contributed by atoms with E-state index >= 15 is 0 Å². The second kappa shape index (κ2) is 6.29. The van der Waals surface area contributed by atoms with Crippen molar-refractivity contribution in [3.05, 3.63) is 47.9 Å². The molecule has 1 aromatic carbocycles. The molecule has 2 rings (SSSR count). The first kappa shape index (κ1) is 13.5. The lowest BCUT2D eigenvalue weighted by atomic mass is 10.2. The Hall–Kier alpha value is -2.94. The summed E-state index contributed by atoms with van der Waals surface area (Å²) in [6, 6.07) is 9.42. The second-order valence-electron chi connectivity index (χ2n) is 4.10. The molecule has 1 aromatic heterocycles. The van der Waals surface area contributed by atoms with Crippen LogP contribution in [0.3, 0.4) is 0 Å². The molecule has 0 aliphatic carbocycles. The molecule has 0 unspecified atom stereocenters. The van der Waals surface area contributed by atoms with Crippen LogP contribution in [0.2, 0.25) is 0 Å². The van der Waals surface area contributed by atoms with Crippen LogP contribution in [0.5, 0.6) is 0 Å². The Kier molecular flexibility index (Phi) is 4.24. The van der Waals surface area contributed by atoms with Gasteiger partial charge in [0.05, 0.1) is 0 Å². The quantitative estimate of drug-likeness (QED) is 0.883. The lowest BCUT2D eigenvalue weighted by molar-refractivity contribution is -0.114. The summed E-state index contributed by atoms with van der Waals surface area (Å²) in [5.74, 6) is 0.329. The molecule has 1 heterocycles. The van der Waals surface area contributed by atoms with E-state index in [1.54, 1.807) is 0 Å². The molecule has 0 aliphatic heterocycles. The Bertz CT molecular complexity index is 663. The van der Waals surface area contributed by atoms with E-state index in [1.165, 1.54) is 19.3 Å². The first-order chi connectivity index (χ1) is 9.69. The molecule has 6 nitrogen and oxygen atoms in total. The van der Waals surface area contributed by atoms with E-state index in [-0.39, 0.29) is 11.6 Å². The van der Waals surface area contributed by atoms with Gasteiger partial charge in [-0.1, -0.05) is 12.1 Å². The van der Waals surface area contributed by atoms with Gasteiger partial charge in [0.25, 0.3) is 0 Å². The average Bonchev–Trinajstić information content (AvgIpc) is 2.45. The molecule has 0 atom stereocenters. The molecule has 0 radical (unpaired) electrons. The first-order valence-corrected chi connectivity index (χ1v) is 6.00. The fraction of sp³-hybridized carbons (Fsp3) is 0.143. The number of carbonyl (C=O) groups excluding carboxylic acids is 1. The summed E-state index contributed by atoms with van der Waals surface area (Å²) < 4.78 is 0. The standard InChI is InChI=1S/C14H13N5O/c1-10(20)19-12-4-2-3-11(7-12)9-18-14-13(8-15)16-5-6-17-14/h2-7H,9H2,1H3,(H,17,18)(H,19,20). The van der Waals surface area contributed by atoms with Gasteiger partial charge in [-0.05, 0) is 17.7 Å². The molecule has 2 N–H and O–H groups in total. The van der Waals surface area contributed by atoms with Crippen molar-refractivity contribution >= 4 is 17.4 Å². The van der Waals surface area contributed by atoms with Gasteiger partial charge in [0.15, 0.2) is 11.5 Å². The van der Waals surface area contributed by atoms with Crippen LogP contribution >= 0.6 is 0 Å². The van der Waals surface area contributed by atoms with Crippen LogP contribution in [-0.2, 0) is 11.3 Å². The van der Waals surface area contributed by atoms with Crippen molar-refractivity contribution in [1.29, 1.82) is 5.26 Å². The summed E-state index contributed by atoms with van der Waals surface area (Å²) >= 11 is 0. The van der Waals surface area contributed by atoms with Crippen LogP contribution in [0.1, 0.15) is 18.2 Å². The van der Waals surface area contributed by atoms with Crippen LogP contribution in [-0.4, -0.2) is 15.9 Å². The predicted molar refractivity (Wildman–Crippen MR) is 74.8 cm³/mol. The van der Waals surface area contributed by atoms with Crippen LogP contribution in [0.15, 0.2) is 36.7 Å². The highest BCUT2D eigenvalue weighted by atomic mass is 16.1. The number of anilines is 2. The van der Waals surface area contributed by atoms with E-state index in [2.05, 4.69) is 20.6 Å². The number of hydrogen-bond acceptors (Lipinski definition) is 5. The molecule has 2 aromatic rings. The van der Waals surface area contributed by atoms with Crippen molar-refractivity contribution in [1.82, 2.24) is 9.97 Å². The maximum Gasteiger partial charge on any atom is 0.221 e. The van der Waals surface area contributed by atoms with Gasteiger partial charge in [0.2, 0.25) is 5.91 Å². The fourth-order valence-corrected chi connectivity index (χ4v) is 1.70. The number of aromatic nitrogens is 2. The minimum atomic E-state index is -0.115. The molecule has 6 heteroatoms. The maximum atomic E-state index is 11.0. The molecule has 0 bridgehead atoms. The van der Waals surface area contributed by atoms with Crippen LogP contribution < -0.4 is 10.6 Å². The summed E-state index contributed by atoms with van der Waals surface area (Å²) in [7, 11) is 0. The SMILES string of the molecule is CC(=O)Nc1cccc(CNc2nccnc2C#N)c1. The zero-order valence-corrected chi connectivity index (χ0v) is 10.9. The predicted octanol–water partition coefficient (Wildman–Crippen LogP) is 1.92. The molecule has 0 aliphatic rings. The highest BCUT2D eigenvalue weighted by Crippen LogP contribution is 2.13. The molecule has 0 saturated carbocycles. The first-order valence-electron chi connectivity index (χ1n) is 6.00. The third kappa shape index (κ3) is 3.53. The summed E-state index contributed by atoms with van der Waals surface area (Å²) in [4.78, 5) is 19.0. The van der Waals surface area contributed by atoms with E-state index in [4.69, 9.17) is 5.26 Å². The molecule has 0 spiro atoms. The van der Waals surface area contributed by atoms with Gasteiger partial charge >= 0.3 is 0 Å². The summed E-state index contributed by atoms with van der Waals surface area (Å²) in [5, 5.41) is 14.7. The van der Waals surface area contributed by atoms with E-state index in [0.717, 1.165) is 11.3 Å². The van der Waals surface area contributed by atoms with Crippen molar-refractivity contribution in [3.63, 3.8) is 0 Å². The molecule has 1 amide bonds. The van der Waals surface area contributed by atoms with Gasteiger partial charge in [-0.25, -0.2) is 9.97 Å². The highest BCUT2D eigenvalue weighted by Gasteiger charge is 2.04. The number of hydrogen-bond donors (Lipinski definition) is 2. The monoisotopic (exact) mass is 267 g/mol. The molecule has 0 saturated heterocycles. The Morgan fingerprint density at radius 1 is 1.35 bits per heavy atom. The maximum absolute atomic E-state index is 11.0. The summed E-state index contributed by atoms with van der Waals surface area (Å²) in [5.41, 5.74) is 1.95. The topological polar surface area (TPSA) is 90.7 Å². The number of nitrogens with one attached hydrogen (secondary N) is 2. The zero-order valence-electron chi connectivity index (χ0n) is 10.9. The summed E-state index contributed by atoms with van der Waals surface area (Å²) in [6.45, 7) is 1.95. The summed E-state index contributed by atoms with van der Waals surface area (Å²) in [6.07, 6.45) is 3.00. The van der Waals surface area contributed by atoms with Crippen molar-refractivity contribution in [2.24, 2.45) is 0 Å². The molecule has 100 valence electrons. The van der Waals surface area contributed by atoms with Crippen LogP contribution in [0, 0.1) is 11.3 Å². The molecular weight excluding hydrogens is 254 g/mol. The van der Waals surface area contributed by atoms with Crippen LogP contribution in [0.25, 0.3) is 0 Å². The smallest absolute Gasteiger partial charge is 0.221 e. The number of nitriles is 1. The van der Waals surface area contributed by atoms with Crippen molar-refractivity contribution < 1.29 is 4.79 Å². The van der Waals surface area contributed by atoms with Gasteiger partial charge in [0.1, 0.15) is 6.07 Å². The van der Waals surface area contributed by atoms with Crippen molar-refractivity contribution in [2.75, 3.05) is 10.6 Å². The molecule has 20 heavy (non-hydrogen) atoms. The van der Waals surface area contributed by atoms with Gasteiger partial charge in [-0.3, -0.25) is 4.79 Å². The number of amides is 1. The molecule has 0 fully saturated rings. The zero-order chi connectivity index (χ0) is 14.4. The van der Waals surface area contributed by atoms with E-state index < -0.39 is 0 Å². The number of benzene rings is 1. The third-order valence-corrected chi connectivity index (χ3v) is 2.51. The lowest BCUT2D eigenvalue weighted by Crippen LogP contribution is -2.07. The van der Waals surface area contributed by atoms with Crippen molar-refractivity contribution in [3.8, 4) is 6.07 Å². The number of carbonyl (C=O) groups is 1. The van der Waals surface area contributed by atoms with Gasteiger partial charge < -0.3 is 10.6 Å².